The molecule has 0 aliphatic heterocycles. The molecule has 0 fully saturated rings. The Bertz CT molecular complexity index is 969. The first kappa shape index (κ1) is 11.9. The molecule has 0 bridgehead atoms. The van der Waals surface area contributed by atoms with E-state index in [0.717, 1.165) is 21.7 Å². The first-order valence-corrected chi connectivity index (χ1v) is 6.77. The number of rotatable bonds is 2. The van der Waals surface area contributed by atoms with Gasteiger partial charge >= 0.3 is 0 Å². The number of hydrogen-bond acceptors (Lipinski definition) is 2. The van der Waals surface area contributed by atoms with E-state index < -0.39 is 0 Å². The second-order valence-electron chi connectivity index (χ2n) is 5.01. The van der Waals surface area contributed by atoms with Gasteiger partial charge in [0.25, 0.3) is 0 Å². The standard InChI is InChI=1S/C18H12N2O/c21-18(16-11-20-17-7-8-19-10-15(16)17)14-6-5-12-3-1-2-4-13(12)9-14/h1-11,20H. The summed E-state index contributed by atoms with van der Waals surface area (Å²) in [7, 11) is 0. The van der Waals surface area contributed by atoms with E-state index in [1.54, 1.807) is 18.6 Å². The number of aromatic amines is 1. The fraction of sp³-hybridized carbons (Fsp3) is 0. The van der Waals surface area contributed by atoms with Gasteiger partial charge in [-0.2, -0.15) is 0 Å². The number of carbonyl (C=O) groups is 1. The monoisotopic (exact) mass is 272 g/mol. The van der Waals surface area contributed by atoms with Crippen LogP contribution < -0.4 is 0 Å². The minimum Gasteiger partial charge on any atom is -0.360 e. The van der Waals surface area contributed by atoms with Gasteiger partial charge in [-0.1, -0.05) is 36.4 Å². The smallest absolute Gasteiger partial charge is 0.195 e. The zero-order valence-electron chi connectivity index (χ0n) is 11.2. The molecule has 2 heterocycles. The molecular formula is C18H12N2O. The van der Waals surface area contributed by atoms with Gasteiger partial charge in [0.2, 0.25) is 0 Å². The highest BCUT2D eigenvalue weighted by atomic mass is 16.1. The maximum absolute atomic E-state index is 12.7. The lowest BCUT2D eigenvalue weighted by Crippen LogP contribution is -2.00. The van der Waals surface area contributed by atoms with Crippen LogP contribution in [0.3, 0.4) is 0 Å². The summed E-state index contributed by atoms with van der Waals surface area (Å²) < 4.78 is 0. The molecular weight excluding hydrogens is 260 g/mol. The lowest BCUT2D eigenvalue weighted by molar-refractivity contribution is 0.104. The van der Waals surface area contributed by atoms with Gasteiger partial charge in [0, 0.05) is 40.6 Å². The molecule has 0 atom stereocenters. The second-order valence-corrected chi connectivity index (χ2v) is 5.01. The second kappa shape index (κ2) is 4.56. The third kappa shape index (κ3) is 1.91. The highest BCUT2D eigenvalue weighted by Gasteiger charge is 2.14. The predicted octanol–water partition coefficient (Wildman–Crippen LogP) is 3.95. The summed E-state index contributed by atoms with van der Waals surface area (Å²) in [6.07, 6.45) is 5.19. The van der Waals surface area contributed by atoms with Crippen LogP contribution >= 0.6 is 0 Å². The number of nitrogens with one attached hydrogen (secondary N) is 1. The number of nitrogens with zero attached hydrogens (tertiary/aromatic N) is 1. The largest absolute Gasteiger partial charge is 0.360 e. The fourth-order valence-electron chi connectivity index (χ4n) is 2.64. The first-order chi connectivity index (χ1) is 10.3. The van der Waals surface area contributed by atoms with Crippen molar-refractivity contribution < 1.29 is 4.79 Å². The number of pyridine rings is 1. The first-order valence-electron chi connectivity index (χ1n) is 6.77. The van der Waals surface area contributed by atoms with Crippen LogP contribution in [-0.2, 0) is 0 Å². The van der Waals surface area contributed by atoms with Gasteiger partial charge in [-0.25, -0.2) is 0 Å². The maximum Gasteiger partial charge on any atom is 0.195 e. The molecule has 0 aliphatic carbocycles. The van der Waals surface area contributed by atoms with Crippen LogP contribution in [-0.4, -0.2) is 15.8 Å². The zero-order chi connectivity index (χ0) is 14.2. The van der Waals surface area contributed by atoms with Crippen molar-refractivity contribution in [3.63, 3.8) is 0 Å². The van der Waals surface area contributed by atoms with E-state index in [0.29, 0.717) is 11.1 Å². The number of carbonyl (C=O) groups excluding carboxylic acids is 1. The molecule has 0 saturated heterocycles. The lowest BCUT2D eigenvalue weighted by Gasteiger charge is -2.02. The number of benzene rings is 2. The molecule has 3 nitrogen and oxygen atoms in total. The summed E-state index contributed by atoms with van der Waals surface area (Å²) in [5.74, 6) is 0.0139. The van der Waals surface area contributed by atoms with E-state index in [4.69, 9.17) is 0 Å². The molecule has 0 amide bonds. The molecule has 4 aromatic rings. The van der Waals surface area contributed by atoms with Gasteiger partial charge in [0.15, 0.2) is 5.78 Å². The van der Waals surface area contributed by atoms with Crippen LogP contribution in [0.1, 0.15) is 15.9 Å². The summed E-state index contributed by atoms with van der Waals surface area (Å²) >= 11 is 0. The van der Waals surface area contributed by atoms with Crippen molar-refractivity contribution >= 4 is 27.5 Å². The van der Waals surface area contributed by atoms with E-state index in [1.165, 1.54) is 0 Å². The van der Waals surface area contributed by atoms with E-state index in [1.807, 2.05) is 48.5 Å². The van der Waals surface area contributed by atoms with Crippen molar-refractivity contribution in [2.45, 2.75) is 0 Å². The van der Waals surface area contributed by atoms with Crippen LogP contribution in [0.4, 0.5) is 0 Å². The van der Waals surface area contributed by atoms with E-state index in [9.17, 15) is 4.79 Å². The SMILES string of the molecule is O=C(c1ccc2ccccc2c1)c1c[nH]c2ccncc12. The maximum atomic E-state index is 12.7. The zero-order valence-corrected chi connectivity index (χ0v) is 11.2. The average molecular weight is 272 g/mol. The summed E-state index contributed by atoms with van der Waals surface area (Å²) in [4.78, 5) is 19.9. The summed E-state index contributed by atoms with van der Waals surface area (Å²) in [6, 6.07) is 15.7. The highest BCUT2D eigenvalue weighted by molar-refractivity contribution is 6.17. The Morgan fingerprint density at radius 2 is 1.86 bits per heavy atom. The molecule has 21 heavy (non-hydrogen) atoms. The molecule has 2 aromatic heterocycles. The van der Waals surface area contributed by atoms with Crippen molar-refractivity contribution in [3.05, 3.63) is 78.2 Å². The van der Waals surface area contributed by atoms with E-state index in [2.05, 4.69) is 9.97 Å². The molecule has 0 saturated carbocycles. The van der Waals surface area contributed by atoms with E-state index >= 15 is 0 Å². The molecule has 0 spiro atoms. The normalized spacial score (nSPS) is 11.0. The Morgan fingerprint density at radius 3 is 2.76 bits per heavy atom. The Balaban J connectivity index is 1.86. The minimum absolute atomic E-state index is 0.0139. The van der Waals surface area contributed by atoms with Crippen molar-refractivity contribution in [2.75, 3.05) is 0 Å². The molecule has 0 unspecified atom stereocenters. The third-order valence-electron chi connectivity index (χ3n) is 3.74. The van der Waals surface area contributed by atoms with Gasteiger partial charge in [-0.3, -0.25) is 9.78 Å². The van der Waals surface area contributed by atoms with E-state index in [-0.39, 0.29) is 5.78 Å². The molecule has 4 rings (SSSR count). The minimum atomic E-state index is 0.0139. The number of H-pyrrole nitrogens is 1. The number of aromatic nitrogens is 2. The van der Waals surface area contributed by atoms with Crippen molar-refractivity contribution in [1.29, 1.82) is 0 Å². The van der Waals surface area contributed by atoms with Crippen molar-refractivity contribution in [3.8, 4) is 0 Å². The Labute approximate surface area is 121 Å². The average Bonchev–Trinajstić information content (AvgIpc) is 2.98. The Hall–Kier alpha value is -2.94. The van der Waals surface area contributed by atoms with Crippen LogP contribution in [0.2, 0.25) is 0 Å². The predicted molar refractivity (Wildman–Crippen MR) is 83.5 cm³/mol. The summed E-state index contributed by atoms with van der Waals surface area (Å²) in [5.41, 5.74) is 2.28. The quantitative estimate of drug-likeness (QED) is 0.562. The van der Waals surface area contributed by atoms with Crippen LogP contribution in [0.5, 0.6) is 0 Å². The topological polar surface area (TPSA) is 45.8 Å². The van der Waals surface area contributed by atoms with Crippen LogP contribution in [0.25, 0.3) is 21.7 Å². The number of fused-ring (bicyclic) bond motifs is 2. The van der Waals surface area contributed by atoms with Gasteiger partial charge in [-0.05, 0) is 22.9 Å². The Morgan fingerprint density at radius 1 is 1.00 bits per heavy atom. The summed E-state index contributed by atoms with van der Waals surface area (Å²) in [5, 5.41) is 3.06. The van der Waals surface area contributed by atoms with Gasteiger partial charge in [0.1, 0.15) is 0 Å². The number of ketones is 1. The number of hydrogen-bond donors (Lipinski definition) is 1. The van der Waals surface area contributed by atoms with Crippen molar-refractivity contribution in [1.82, 2.24) is 9.97 Å². The van der Waals surface area contributed by atoms with Crippen LogP contribution in [0.15, 0.2) is 67.1 Å². The Kier molecular flexibility index (Phi) is 2.57. The van der Waals surface area contributed by atoms with Crippen molar-refractivity contribution in [2.24, 2.45) is 0 Å². The van der Waals surface area contributed by atoms with Gasteiger partial charge in [-0.15, -0.1) is 0 Å². The van der Waals surface area contributed by atoms with Crippen LogP contribution in [0, 0.1) is 0 Å². The molecule has 0 radical (unpaired) electrons. The lowest BCUT2D eigenvalue weighted by atomic mass is 10.0. The third-order valence-corrected chi connectivity index (χ3v) is 3.74. The molecule has 100 valence electrons. The molecule has 3 heteroatoms. The van der Waals surface area contributed by atoms with Gasteiger partial charge < -0.3 is 4.98 Å². The molecule has 0 aliphatic rings. The summed E-state index contributed by atoms with van der Waals surface area (Å²) in [6.45, 7) is 0. The molecule has 1 N–H and O–H groups in total. The highest BCUT2D eigenvalue weighted by Crippen LogP contribution is 2.22. The molecule has 2 aromatic carbocycles. The fourth-order valence-corrected chi connectivity index (χ4v) is 2.64. The van der Waals surface area contributed by atoms with Gasteiger partial charge in [0.05, 0.1) is 0 Å².